The van der Waals surface area contributed by atoms with Crippen LogP contribution in [-0.4, -0.2) is 21.1 Å². The fraction of sp³-hybridized carbons (Fsp3) is 0.0667. The van der Waals surface area contributed by atoms with Crippen molar-refractivity contribution in [3.05, 3.63) is 69.2 Å². The second kappa shape index (κ2) is 7.77. The Morgan fingerprint density at radius 3 is 2.78 bits per heavy atom. The molecule has 0 atom stereocenters. The summed E-state index contributed by atoms with van der Waals surface area (Å²) in [7, 11) is 0. The molecule has 23 heavy (non-hydrogen) atoms. The first kappa shape index (κ1) is 17.7. The van der Waals surface area contributed by atoms with E-state index in [-0.39, 0.29) is 44.9 Å². The Morgan fingerprint density at radius 1 is 1.30 bits per heavy atom. The number of nitrogens with zero attached hydrogens (tertiary/aromatic N) is 2. The summed E-state index contributed by atoms with van der Waals surface area (Å²) in [4.78, 5) is 28.1. The van der Waals surface area contributed by atoms with Crippen LogP contribution in [0.2, 0.25) is 5.02 Å². The zero-order chi connectivity index (χ0) is 15.5. The molecule has 1 radical (unpaired) electrons. The maximum absolute atomic E-state index is 12.2. The number of nitrogens with one attached hydrogen (secondary N) is 2. The smallest absolute Gasteiger partial charge is 0.274 e. The van der Waals surface area contributed by atoms with E-state index in [0.717, 1.165) is 5.56 Å². The second-order valence-corrected chi connectivity index (χ2v) is 5.01. The normalized spacial score (nSPS) is 10.1. The summed E-state index contributed by atoms with van der Waals surface area (Å²) in [5.74, 6) is -0.546. The molecule has 0 bridgehead atoms. The molecule has 2 heterocycles. The van der Waals surface area contributed by atoms with E-state index in [1.165, 1.54) is 12.3 Å². The fourth-order valence-electron chi connectivity index (χ4n) is 1.94. The van der Waals surface area contributed by atoms with Crippen LogP contribution in [0.3, 0.4) is 0 Å². The topological polar surface area (TPSA) is 87.7 Å². The third-order valence-corrected chi connectivity index (χ3v) is 3.35. The molecule has 2 N–H and O–H groups in total. The van der Waals surface area contributed by atoms with Gasteiger partial charge in [0.25, 0.3) is 5.91 Å². The largest absolute Gasteiger partial charge is 0.392 e. The molecule has 0 aliphatic rings. The van der Waals surface area contributed by atoms with E-state index in [2.05, 4.69) is 26.7 Å². The van der Waals surface area contributed by atoms with Gasteiger partial charge in [-0.15, -0.1) is 6.07 Å². The number of aromatic amines is 1. The summed E-state index contributed by atoms with van der Waals surface area (Å²) in [6, 6.07) is 8.47. The summed E-state index contributed by atoms with van der Waals surface area (Å²) in [5.41, 5.74) is 0.674. The van der Waals surface area contributed by atoms with Crippen LogP contribution in [0, 0.1) is 6.20 Å². The Labute approximate surface area is 161 Å². The predicted molar refractivity (Wildman–Crippen MR) is 81.6 cm³/mol. The van der Waals surface area contributed by atoms with E-state index in [1.54, 1.807) is 24.3 Å². The van der Waals surface area contributed by atoms with E-state index in [4.69, 9.17) is 11.6 Å². The van der Waals surface area contributed by atoms with Crippen LogP contribution in [0.15, 0.2) is 41.3 Å². The van der Waals surface area contributed by atoms with Gasteiger partial charge in [0.1, 0.15) is 0 Å². The van der Waals surface area contributed by atoms with Gasteiger partial charge in [-0.2, -0.15) is 5.10 Å². The Morgan fingerprint density at radius 2 is 2.04 bits per heavy atom. The van der Waals surface area contributed by atoms with Crippen molar-refractivity contribution in [3.8, 4) is 0 Å². The van der Waals surface area contributed by atoms with Crippen LogP contribution < -0.4 is 10.7 Å². The number of carbonyl (C=O) groups excluding carboxylic acids is 1. The standard InChI is InChI=1S/C15H10ClN4O2.Y/c16-10-3-1-9(2-4-10)7-18-15(22)13-14(21)11-5-6-17-8-12(11)19-20-13;/h1-5,8H,7H2,(H,18,22)(H,19,21);/q-1;. The molecule has 0 aliphatic carbocycles. The van der Waals surface area contributed by atoms with Gasteiger partial charge in [-0.05, 0) is 23.2 Å². The van der Waals surface area contributed by atoms with Crippen molar-refractivity contribution >= 4 is 28.4 Å². The van der Waals surface area contributed by atoms with Gasteiger partial charge in [-0.1, -0.05) is 41.5 Å². The van der Waals surface area contributed by atoms with Gasteiger partial charge in [-0.3, -0.25) is 9.89 Å². The van der Waals surface area contributed by atoms with Gasteiger partial charge >= 0.3 is 0 Å². The van der Waals surface area contributed by atoms with E-state index >= 15 is 0 Å². The van der Waals surface area contributed by atoms with Crippen molar-refractivity contribution in [2.45, 2.75) is 6.54 Å². The monoisotopic (exact) mass is 402 g/mol. The molecular weight excluding hydrogens is 393 g/mol. The van der Waals surface area contributed by atoms with E-state index in [1.807, 2.05) is 0 Å². The molecule has 1 aromatic carbocycles. The van der Waals surface area contributed by atoms with Crippen LogP contribution in [0.25, 0.3) is 10.9 Å². The van der Waals surface area contributed by atoms with E-state index in [9.17, 15) is 9.59 Å². The maximum Gasteiger partial charge on any atom is 0.274 e. The molecule has 0 aliphatic heterocycles. The zero-order valence-electron chi connectivity index (χ0n) is 11.8. The molecule has 3 aromatic rings. The van der Waals surface area contributed by atoms with Crippen molar-refractivity contribution in [1.29, 1.82) is 0 Å². The third kappa shape index (κ3) is 4.02. The number of aromatic nitrogens is 3. The first-order valence-corrected chi connectivity index (χ1v) is 6.80. The number of benzene rings is 1. The minimum Gasteiger partial charge on any atom is -0.392 e. The van der Waals surface area contributed by atoms with Gasteiger partial charge in [0, 0.05) is 44.3 Å². The zero-order valence-corrected chi connectivity index (χ0v) is 15.4. The number of hydrogen-bond acceptors (Lipinski definition) is 4. The number of hydrogen-bond donors (Lipinski definition) is 2. The van der Waals surface area contributed by atoms with Gasteiger partial charge in [0.05, 0.1) is 0 Å². The van der Waals surface area contributed by atoms with E-state index in [0.29, 0.717) is 15.9 Å². The van der Waals surface area contributed by atoms with Crippen LogP contribution in [0.5, 0.6) is 0 Å². The number of fused-ring (bicyclic) bond motifs is 1. The number of rotatable bonds is 3. The SMILES string of the molecule is O=C(NCc1ccc(Cl)cc1)c1n[nH]c2cn[c-]cc2c1=O.[Y]. The molecule has 0 saturated heterocycles. The third-order valence-electron chi connectivity index (χ3n) is 3.10. The van der Waals surface area contributed by atoms with Gasteiger partial charge < -0.3 is 15.1 Å². The molecular formula is C15H10ClN4O2Y-. The minimum absolute atomic E-state index is 0. The predicted octanol–water partition coefficient (Wildman–Crippen LogP) is 1.70. The molecule has 0 fully saturated rings. The first-order valence-electron chi connectivity index (χ1n) is 6.42. The molecule has 113 valence electrons. The molecule has 6 nitrogen and oxygen atoms in total. The summed E-state index contributed by atoms with van der Waals surface area (Å²) in [6.45, 7) is 0.275. The summed E-state index contributed by atoms with van der Waals surface area (Å²) < 4.78 is 0. The van der Waals surface area contributed by atoms with Crippen LogP contribution >= 0.6 is 11.6 Å². The molecule has 8 heteroatoms. The van der Waals surface area contributed by atoms with Gasteiger partial charge in [0.2, 0.25) is 0 Å². The van der Waals surface area contributed by atoms with Crippen molar-refractivity contribution < 1.29 is 37.5 Å². The number of halogens is 1. The van der Waals surface area contributed by atoms with Crippen LogP contribution in [0.1, 0.15) is 16.1 Å². The summed E-state index contributed by atoms with van der Waals surface area (Å²) in [5, 5.41) is 10.0. The molecule has 0 saturated carbocycles. The molecule has 0 unspecified atom stereocenters. The van der Waals surface area contributed by atoms with Gasteiger partial charge in [-0.25, -0.2) is 0 Å². The van der Waals surface area contributed by atoms with Crippen LogP contribution in [0.4, 0.5) is 0 Å². The Hall–Kier alpha value is -1.63. The minimum atomic E-state index is -0.546. The fourth-order valence-corrected chi connectivity index (χ4v) is 2.07. The molecule has 1 amide bonds. The quantitative estimate of drug-likeness (QED) is 0.653. The Balaban J connectivity index is 0.00000192. The average molecular weight is 403 g/mol. The van der Waals surface area contributed by atoms with Crippen molar-refractivity contribution in [2.24, 2.45) is 0 Å². The summed E-state index contributed by atoms with van der Waals surface area (Å²) in [6.07, 6.45) is 3.99. The van der Waals surface area contributed by atoms with Gasteiger partial charge in [0.15, 0.2) is 11.1 Å². The van der Waals surface area contributed by atoms with Crippen molar-refractivity contribution in [2.75, 3.05) is 0 Å². The van der Waals surface area contributed by atoms with Crippen LogP contribution in [-0.2, 0) is 39.3 Å². The Kier molecular flexibility index (Phi) is 5.99. The molecule has 3 rings (SSSR count). The van der Waals surface area contributed by atoms with Crippen molar-refractivity contribution in [3.63, 3.8) is 0 Å². The van der Waals surface area contributed by atoms with E-state index < -0.39 is 11.3 Å². The first-order chi connectivity index (χ1) is 10.6. The molecule has 2 aromatic heterocycles. The average Bonchev–Trinajstić information content (AvgIpc) is 2.55. The maximum atomic E-state index is 12.2. The number of H-pyrrole nitrogens is 1. The van der Waals surface area contributed by atoms with Crippen molar-refractivity contribution in [1.82, 2.24) is 20.5 Å². The summed E-state index contributed by atoms with van der Waals surface area (Å²) >= 11 is 5.80. The number of pyridine rings is 1. The second-order valence-electron chi connectivity index (χ2n) is 4.57. The number of carbonyl (C=O) groups is 1. The molecule has 0 spiro atoms. The Bertz CT molecular complexity index is 896. The number of amides is 1.